The van der Waals surface area contributed by atoms with Crippen LogP contribution in [-0.4, -0.2) is 51.6 Å². The van der Waals surface area contributed by atoms with Gasteiger partial charge in [0.25, 0.3) is 5.91 Å². The summed E-state index contributed by atoms with van der Waals surface area (Å²) in [5, 5.41) is 14.2. The van der Waals surface area contributed by atoms with Gasteiger partial charge in [-0.15, -0.1) is 12.4 Å². The van der Waals surface area contributed by atoms with Gasteiger partial charge in [0.1, 0.15) is 5.75 Å². The van der Waals surface area contributed by atoms with Gasteiger partial charge < -0.3 is 25.4 Å². The largest absolute Gasteiger partial charge is 0.508 e. The molecule has 1 amide bonds. The Morgan fingerprint density at radius 3 is 2.30 bits per heavy atom. The number of para-hydroxylation sites is 1. The van der Waals surface area contributed by atoms with E-state index in [1.807, 2.05) is 43.3 Å². The standard InChI is InChI=1S/C30H33N3O2.ClH.H2O/c1-22-29(27-21-26(34)14-15-28(27)33(22)25-12-6-3-7-13-25)30(35)31-24-16-19-32(20-17-24)18-8-11-23-9-4-2-5-10-23;;/h2-7,9-10,12-15,21,24,34H,8,11,16-20H2,1H3,(H,31,35);1H;1H2. The molecule has 37 heavy (non-hydrogen) atoms. The number of aromatic nitrogens is 1. The lowest BCUT2D eigenvalue weighted by Gasteiger charge is -2.32. The Morgan fingerprint density at radius 2 is 1.62 bits per heavy atom. The van der Waals surface area contributed by atoms with Gasteiger partial charge in [-0.3, -0.25) is 4.79 Å². The third-order valence-electron chi connectivity index (χ3n) is 7.13. The summed E-state index contributed by atoms with van der Waals surface area (Å²) in [6.07, 6.45) is 4.18. The van der Waals surface area contributed by atoms with Crippen LogP contribution in [0.1, 0.15) is 40.9 Å². The van der Waals surface area contributed by atoms with Gasteiger partial charge in [0.15, 0.2) is 0 Å². The van der Waals surface area contributed by atoms with E-state index < -0.39 is 0 Å². The highest BCUT2D eigenvalue weighted by Gasteiger charge is 2.25. The van der Waals surface area contributed by atoms with Crippen molar-refractivity contribution in [1.82, 2.24) is 14.8 Å². The first-order valence-electron chi connectivity index (χ1n) is 12.6. The van der Waals surface area contributed by atoms with Crippen LogP contribution in [0.5, 0.6) is 5.75 Å². The summed E-state index contributed by atoms with van der Waals surface area (Å²) >= 11 is 0. The van der Waals surface area contributed by atoms with Crippen LogP contribution >= 0.6 is 12.4 Å². The number of nitrogens with zero attached hydrogens (tertiary/aromatic N) is 2. The molecule has 1 saturated heterocycles. The molecule has 4 aromatic rings. The normalized spacial score (nSPS) is 14.1. The van der Waals surface area contributed by atoms with Gasteiger partial charge in [0.05, 0.1) is 11.1 Å². The first-order chi connectivity index (χ1) is 17.1. The molecule has 6 nitrogen and oxygen atoms in total. The maximum atomic E-state index is 13.5. The number of phenolic OH excluding ortho intramolecular Hbond substituents is 1. The molecule has 1 fully saturated rings. The van der Waals surface area contributed by atoms with Gasteiger partial charge in [-0.1, -0.05) is 48.5 Å². The van der Waals surface area contributed by atoms with E-state index in [1.165, 1.54) is 5.56 Å². The minimum atomic E-state index is -0.0599. The molecular weight excluding hydrogens is 486 g/mol. The van der Waals surface area contributed by atoms with E-state index in [0.29, 0.717) is 5.56 Å². The summed E-state index contributed by atoms with van der Waals surface area (Å²) in [5.74, 6) is 0.107. The molecule has 5 rings (SSSR count). The number of likely N-dealkylation sites (tertiary alicyclic amines) is 1. The predicted octanol–water partition coefficient (Wildman–Crippen LogP) is 5.07. The van der Waals surface area contributed by atoms with Crippen LogP contribution in [0.3, 0.4) is 0 Å². The number of benzene rings is 3. The van der Waals surface area contributed by atoms with Gasteiger partial charge >= 0.3 is 0 Å². The zero-order valence-corrected chi connectivity index (χ0v) is 22.0. The number of piperidine rings is 1. The zero-order valence-electron chi connectivity index (χ0n) is 21.2. The van der Waals surface area contributed by atoms with Crippen molar-refractivity contribution in [3.8, 4) is 11.4 Å². The smallest absolute Gasteiger partial charge is 0.253 e. The second-order valence-electron chi connectivity index (χ2n) is 9.51. The number of carbonyl (C=O) groups is 1. The van der Waals surface area contributed by atoms with E-state index in [2.05, 4.69) is 45.1 Å². The number of fused-ring (bicyclic) bond motifs is 1. The molecule has 3 aromatic carbocycles. The van der Waals surface area contributed by atoms with Crippen molar-refractivity contribution in [1.29, 1.82) is 0 Å². The molecule has 0 spiro atoms. The minimum Gasteiger partial charge on any atom is -0.508 e. The third kappa shape index (κ3) is 6.34. The summed E-state index contributed by atoms with van der Waals surface area (Å²) in [6, 6.07) is 26.1. The fourth-order valence-corrected chi connectivity index (χ4v) is 5.31. The van der Waals surface area contributed by atoms with Crippen molar-refractivity contribution in [3.05, 3.63) is 95.7 Å². The molecule has 0 saturated carbocycles. The van der Waals surface area contributed by atoms with Crippen molar-refractivity contribution >= 4 is 29.2 Å². The van der Waals surface area contributed by atoms with Gasteiger partial charge in [-0.2, -0.15) is 0 Å². The Hall–Kier alpha value is -3.32. The van der Waals surface area contributed by atoms with Crippen molar-refractivity contribution in [2.75, 3.05) is 19.6 Å². The van der Waals surface area contributed by atoms with Gasteiger partial charge in [-0.05, 0) is 75.0 Å². The summed E-state index contributed by atoms with van der Waals surface area (Å²) in [6.45, 7) is 5.09. The van der Waals surface area contributed by atoms with Crippen LogP contribution < -0.4 is 5.32 Å². The number of phenols is 1. The Morgan fingerprint density at radius 1 is 0.973 bits per heavy atom. The quantitative estimate of drug-likeness (QED) is 0.356. The minimum absolute atomic E-state index is 0. The van der Waals surface area contributed by atoms with Crippen LogP contribution in [0, 0.1) is 6.92 Å². The fourth-order valence-electron chi connectivity index (χ4n) is 5.31. The average molecular weight is 522 g/mol. The van der Waals surface area contributed by atoms with Gasteiger partial charge in [-0.25, -0.2) is 0 Å². The van der Waals surface area contributed by atoms with Crippen molar-refractivity contribution in [2.45, 2.75) is 38.6 Å². The zero-order chi connectivity index (χ0) is 24.2. The molecule has 4 N–H and O–H groups in total. The molecule has 1 aromatic heterocycles. The lowest BCUT2D eigenvalue weighted by molar-refractivity contribution is 0.0912. The van der Waals surface area contributed by atoms with E-state index in [4.69, 9.17) is 0 Å². The first kappa shape index (κ1) is 28.3. The van der Waals surface area contributed by atoms with Crippen LogP contribution in [-0.2, 0) is 6.42 Å². The topological polar surface area (TPSA) is 89.0 Å². The lowest BCUT2D eigenvalue weighted by atomic mass is 10.0. The van der Waals surface area contributed by atoms with Crippen LogP contribution in [0.4, 0.5) is 0 Å². The van der Waals surface area contributed by atoms with E-state index in [-0.39, 0.29) is 35.6 Å². The van der Waals surface area contributed by atoms with Gasteiger partial charge in [0, 0.05) is 35.9 Å². The Bertz CT molecular complexity index is 1300. The van der Waals surface area contributed by atoms with Gasteiger partial charge in [0.2, 0.25) is 0 Å². The number of carbonyl (C=O) groups excluding carboxylic acids is 1. The number of hydrogen-bond donors (Lipinski definition) is 2. The fraction of sp³-hybridized carbons (Fsp3) is 0.300. The molecule has 0 bridgehead atoms. The highest BCUT2D eigenvalue weighted by Crippen LogP contribution is 2.32. The Labute approximate surface area is 224 Å². The summed E-state index contributed by atoms with van der Waals surface area (Å²) < 4.78 is 2.10. The van der Waals surface area contributed by atoms with Crippen molar-refractivity contribution in [3.63, 3.8) is 0 Å². The molecule has 7 heteroatoms. The number of aromatic hydroxyl groups is 1. The Kier molecular flexibility index (Phi) is 9.75. The van der Waals surface area contributed by atoms with E-state index >= 15 is 0 Å². The number of halogens is 1. The third-order valence-corrected chi connectivity index (χ3v) is 7.13. The van der Waals surface area contributed by atoms with E-state index in [0.717, 1.165) is 67.6 Å². The molecule has 196 valence electrons. The average Bonchev–Trinajstić information content (AvgIpc) is 3.17. The molecule has 0 unspecified atom stereocenters. The SMILES string of the molecule is Cc1c(C(=O)NC2CCN(CCCc3ccccc3)CC2)c2cc(O)ccc2n1-c1ccccc1.Cl.O. The summed E-state index contributed by atoms with van der Waals surface area (Å²) in [4.78, 5) is 16.0. The van der Waals surface area contributed by atoms with E-state index in [9.17, 15) is 9.90 Å². The van der Waals surface area contributed by atoms with Crippen molar-refractivity contribution in [2.24, 2.45) is 0 Å². The number of aryl methyl sites for hydroxylation is 1. The Balaban J connectivity index is 0.00000190. The maximum Gasteiger partial charge on any atom is 0.253 e. The van der Waals surface area contributed by atoms with Crippen molar-refractivity contribution < 1.29 is 15.4 Å². The highest BCUT2D eigenvalue weighted by molar-refractivity contribution is 6.09. The molecular formula is C30H36ClN3O3. The predicted molar refractivity (Wildman–Crippen MR) is 152 cm³/mol. The number of amides is 1. The number of nitrogens with one attached hydrogen (secondary N) is 1. The molecule has 0 aliphatic carbocycles. The monoisotopic (exact) mass is 521 g/mol. The second kappa shape index (κ2) is 12.8. The van der Waals surface area contributed by atoms with Crippen LogP contribution in [0.2, 0.25) is 0 Å². The van der Waals surface area contributed by atoms with Crippen LogP contribution in [0.25, 0.3) is 16.6 Å². The molecule has 1 aliphatic heterocycles. The maximum absolute atomic E-state index is 13.5. The lowest BCUT2D eigenvalue weighted by Crippen LogP contribution is -2.45. The van der Waals surface area contributed by atoms with E-state index in [1.54, 1.807) is 12.1 Å². The van der Waals surface area contributed by atoms with Crippen LogP contribution in [0.15, 0.2) is 78.9 Å². The molecule has 2 heterocycles. The highest BCUT2D eigenvalue weighted by atomic mass is 35.5. The molecule has 1 aliphatic rings. The second-order valence-corrected chi connectivity index (χ2v) is 9.51. The number of hydrogen-bond acceptors (Lipinski definition) is 3. The molecule has 0 atom stereocenters. The number of rotatable bonds is 7. The summed E-state index contributed by atoms with van der Waals surface area (Å²) in [5.41, 5.74) is 4.84. The molecule has 0 radical (unpaired) electrons. The summed E-state index contributed by atoms with van der Waals surface area (Å²) in [7, 11) is 0. The first-order valence-corrected chi connectivity index (χ1v) is 12.6.